The molecule has 0 amide bonds. The van der Waals surface area contributed by atoms with Crippen molar-refractivity contribution in [1.29, 1.82) is 0 Å². The first kappa shape index (κ1) is 13.2. The van der Waals surface area contributed by atoms with Gasteiger partial charge in [0.15, 0.2) is 0 Å². The van der Waals surface area contributed by atoms with Crippen LogP contribution < -0.4 is 5.32 Å². The second-order valence-corrected chi connectivity index (χ2v) is 4.83. The topological polar surface area (TPSA) is 24.9 Å². The van der Waals surface area contributed by atoms with Crippen molar-refractivity contribution in [3.63, 3.8) is 0 Å². The standard InChI is InChI=1S/C14H24N2/c1-5-8-12(4)16-14(11(2)3)13-9-6-7-10-15-13/h6-7,9-12,14,16H,5,8H2,1-4H3. The van der Waals surface area contributed by atoms with E-state index in [1.54, 1.807) is 0 Å². The number of pyridine rings is 1. The van der Waals surface area contributed by atoms with E-state index in [0.717, 1.165) is 5.69 Å². The normalized spacial score (nSPS) is 15.1. The van der Waals surface area contributed by atoms with Crippen LogP contribution in [0.3, 0.4) is 0 Å². The van der Waals surface area contributed by atoms with Crippen molar-refractivity contribution in [3.8, 4) is 0 Å². The summed E-state index contributed by atoms with van der Waals surface area (Å²) in [5, 5.41) is 3.67. The van der Waals surface area contributed by atoms with Crippen LogP contribution in [0, 0.1) is 5.92 Å². The molecule has 1 N–H and O–H groups in total. The monoisotopic (exact) mass is 220 g/mol. The molecule has 0 aliphatic rings. The summed E-state index contributed by atoms with van der Waals surface area (Å²) >= 11 is 0. The molecule has 2 atom stereocenters. The third kappa shape index (κ3) is 3.93. The van der Waals surface area contributed by atoms with Crippen molar-refractivity contribution in [2.24, 2.45) is 5.92 Å². The molecule has 0 saturated heterocycles. The van der Waals surface area contributed by atoms with Crippen LogP contribution in [-0.2, 0) is 0 Å². The average molecular weight is 220 g/mol. The summed E-state index contributed by atoms with van der Waals surface area (Å²) in [6.45, 7) is 8.96. The molecule has 1 aromatic heterocycles. The van der Waals surface area contributed by atoms with Crippen molar-refractivity contribution < 1.29 is 0 Å². The van der Waals surface area contributed by atoms with Crippen molar-refractivity contribution in [2.45, 2.75) is 52.6 Å². The van der Waals surface area contributed by atoms with E-state index < -0.39 is 0 Å². The zero-order valence-electron chi connectivity index (χ0n) is 10.9. The molecule has 0 aliphatic heterocycles. The molecule has 1 rings (SSSR count). The average Bonchev–Trinajstić information content (AvgIpc) is 2.27. The third-order valence-electron chi connectivity index (χ3n) is 2.86. The summed E-state index contributed by atoms with van der Waals surface area (Å²) in [5.74, 6) is 0.564. The van der Waals surface area contributed by atoms with Gasteiger partial charge in [-0.25, -0.2) is 0 Å². The molecule has 0 aromatic carbocycles. The minimum absolute atomic E-state index is 0.364. The highest BCUT2D eigenvalue weighted by atomic mass is 15.0. The van der Waals surface area contributed by atoms with E-state index in [0.29, 0.717) is 18.0 Å². The Bertz CT molecular complexity index is 282. The molecule has 1 aromatic rings. The van der Waals surface area contributed by atoms with Crippen molar-refractivity contribution >= 4 is 0 Å². The SMILES string of the molecule is CCCC(C)NC(c1ccccn1)C(C)C. The van der Waals surface area contributed by atoms with Gasteiger partial charge in [0.2, 0.25) is 0 Å². The van der Waals surface area contributed by atoms with Crippen LogP contribution in [0.1, 0.15) is 52.3 Å². The summed E-state index contributed by atoms with van der Waals surface area (Å²) in [4.78, 5) is 4.45. The first-order valence-electron chi connectivity index (χ1n) is 6.32. The Kier molecular flexibility index (Phi) is 5.47. The smallest absolute Gasteiger partial charge is 0.0575 e. The lowest BCUT2D eigenvalue weighted by Crippen LogP contribution is -2.33. The predicted octanol–water partition coefficient (Wildman–Crippen LogP) is 3.56. The predicted molar refractivity (Wildman–Crippen MR) is 69.3 cm³/mol. The summed E-state index contributed by atoms with van der Waals surface area (Å²) in [7, 11) is 0. The Labute approximate surface area is 99.5 Å². The van der Waals surface area contributed by atoms with E-state index in [1.807, 2.05) is 12.3 Å². The summed E-state index contributed by atoms with van der Waals surface area (Å²) in [6, 6.07) is 7.05. The number of rotatable bonds is 6. The van der Waals surface area contributed by atoms with E-state index in [-0.39, 0.29) is 0 Å². The van der Waals surface area contributed by atoms with Gasteiger partial charge in [-0.2, -0.15) is 0 Å². The van der Waals surface area contributed by atoms with Gasteiger partial charge in [0.1, 0.15) is 0 Å². The van der Waals surface area contributed by atoms with Crippen molar-refractivity contribution in [3.05, 3.63) is 30.1 Å². The maximum Gasteiger partial charge on any atom is 0.0575 e. The zero-order valence-corrected chi connectivity index (χ0v) is 10.9. The highest BCUT2D eigenvalue weighted by molar-refractivity contribution is 5.09. The van der Waals surface area contributed by atoms with Gasteiger partial charge >= 0.3 is 0 Å². The molecule has 1 heterocycles. The van der Waals surface area contributed by atoms with E-state index in [9.17, 15) is 0 Å². The van der Waals surface area contributed by atoms with Crippen LogP contribution in [0.5, 0.6) is 0 Å². The summed E-state index contributed by atoms with van der Waals surface area (Å²) < 4.78 is 0. The Balaban J connectivity index is 2.69. The minimum Gasteiger partial charge on any atom is -0.306 e. The molecule has 0 spiro atoms. The molecular formula is C14H24N2. The van der Waals surface area contributed by atoms with Crippen LogP contribution in [0.4, 0.5) is 0 Å². The van der Waals surface area contributed by atoms with Gasteiger partial charge in [-0.3, -0.25) is 4.98 Å². The van der Waals surface area contributed by atoms with Crippen LogP contribution in [0.15, 0.2) is 24.4 Å². The molecule has 0 fully saturated rings. The molecule has 0 bridgehead atoms. The highest BCUT2D eigenvalue weighted by Gasteiger charge is 2.18. The van der Waals surface area contributed by atoms with Crippen molar-refractivity contribution in [1.82, 2.24) is 10.3 Å². The van der Waals surface area contributed by atoms with Gasteiger partial charge in [0, 0.05) is 12.2 Å². The zero-order chi connectivity index (χ0) is 12.0. The number of hydrogen-bond donors (Lipinski definition) is 1. The van der Waals surface area contributed by atoms with Crippen LogP contribution in [0.25, 0.3) is 0 Å². The first-order valence-corrected chi connectivity index (χ1v) is 6.32. The Morgan fingerprint density at radius 3 is 2.50 bits per heavy atom. The third-order valence-corrected chi connectivity index (χ3v) is 2.86. The van der Waals surface area contributed by atoms with Gasteiger partial charge in [-0.05, 0) is 31.4 Å². The summed E-state index contributed by atoms with van der Waals surface area (Å²) in [6.07, 6.45) is 4.31. The molecule has 0 aliphatic carbocycles. The van der Waals surface area contributed by atoms with Gasteiger partial charge in [-0.15, -0.1) is 0 Å². The fourth-order valence-corrected chi connectivity index (χ4v) is 2.00. The number of nitrogens with zero attached hydrogens (tertiary/aromatic N) is 1. The quantitative estimate of drug-likeness (QED) is 0.793. The molecular weight excluding hydrogens is 196 g/mol. The van der Waals surface area contributed by atoms with Gasteiger partial charge in [0.25, 0.3) is 0 Å². The first-order chi connectivity index (χ1) is 7.65. The van der Waals surface area contributed by atoms with Crippen LogP contribution >= 0.6 is 0 Å². The van der Waals surface area contributed by atoms with Crippen LogP contribution in [0.2, 0.25) is 0 Å². The molecule has 2 unspecified atom stereocenters. The van der Waals surface area contributed by atoms with Crippen LogP contribution in [-0.4, -0.2) is 11.0 Å². The Hall–Kier alpha value is -0.890. The molecule has 2 heteroatoms. The van der Waals surface area contributed by atoms with Gasteiger partial charge in [0.05, 0.1) is 11.7 Å². The lowest BCUT2D eigenvalue weighted by Gasteiger charge is -2.26. The second kappa shape index (κ2) is 6.64. The molecule has 16 heavy (non-hydrogen) atoms. The minimum atomic E-state index is 0.364. The molecule has 2 nitrogen and oxygen atoms in total. The van der Waals surface area contributed by atoms with E-state index in [4.69, 9.17) is 0 Å². The molecule has 0 saturated carbocycles. The lowest BCUT2D eigenvalue weighted by molar-refractivity contribution is 0.352. The maximum atomic E-state index is 4.45. The maximum absolute atomic E-state index is 4.45. The fraction of sp³-hybridized carbons (Fsp3) is 0.643. The lowest BCUT2D eigenvalue weighted by atomic mass is 9.98. The van der Waals surface area contributed by atoms with E-state index in [1.165, 1.54) is 12.8 Å². The Morgan fingerprint density at radius 2 is 2.00 bits per heavy atom. The molecule has 90 valence electrons. The number of nitrogens with one attached hydrogen (secondary N) is 1. The van der Waals surface area contributed by atoms with E-state index in [2.05, 4.69) is 50.1 Å². The van der Waals surface area contributed by atoms with E-state index >= 15 is 0 Å². The summed E-state index contributed by atoms with van der Waals surface area (Å²) in [5.41, 5.74) is 1.15. The largest absolute Gasteiger partial charge is 0.306 e. The Morgan fingerprint density at radius 1 is 1.25 bits per heavy atom. The fourth-order valence-electron chi connectivity index (χ4n) is 2.00. The highest BCUT2D eigenvalue weighted by Crippen LogP contribution is 2.20. The number of aromatic nitrogens is 1. The molecule has 0 radical (unpaired) electrons. The van der Waals surface area contributed by atoms with Gasteiger partial charge in [-0.1, -0.05) is 33.3 Å². The number of hydrogen-bond acceptors (Lipinski definition) is 2. The second-order valence-electron chi connectivity index (χ2n) is 4.83. The van der Waals surface area contributed by atoms with Crippen molar-refractivity contribution in [2.75, 3.05) is 0 Å². The van der Waals surface area contributed by atoms with Gasteiger partial charge < -0.3 is 5.32 Å².